The van der Waals surface area contributed by atoms with Crippen LogP contribution in [0.3, 0.4) is 0 Å². The molecule has 3 N–H and O–H groups in total. The fraction of sp³-hybridized carbons (Fsp3) is 0.300. The summed E-state index contributed by atoms with van der Waals surface area (Å²) in [6, 6.07) is 15.4. The maximum absolute atomic E-state index is 11.9. The summed E-state index contributed by atoms with van der Waals surface area (Å²) >= 11 is 5.90. The molecule has 0 bridgehead atoms. The number of carbonyl (C=O) groups is 1. The van der Waals surface area contributed by atoms with Crippen LogP contribution in [0.1, 0.15) is 28.4 Å². The van der Waals surface area contributed by atoms with E-state index in [2.05, 4.69) is 20.9 Å². The number of halogens is 1. The van der Waals surface area contributed by atoms with E-state index in [-0.39, 0.29) is 5.91 Å². The molecule has 2 rings (SSSR count). The molecule has 0 fully saturated rings. The van der Waals surface area contributed by atoms with Gasteiger partial charge in [0.1, 0.15) is 0 Å². The van der Waals surface area contributed by atoms with E-state index in [9.17, 15) is 4.79 Å². The number of amides is 1. The van der Waals surface area contributed by atoms with Crippen molar-refractivity contribution in [3.8, 4) is 0 Å². The lowest BCUT2D eigenvalue weighted by Crippen LogP contribution is -2.37. The number of hydrogen-bond acceptors (Lipinski definition) is 2. The van der Waals surface area contributed by atoms with Crippen molar-refractivity contribution in [2.75, 3.05) is 20.1 Å². The average Bonchev–Trinajstić information content (AvgIpc) is 2.66. The summed E-state index contributed by atoms with van der Waals surface area (Å²) in [7, 11) is 1.74. The van der Waals surface area contributed by atoms with Crippen LogP contribution in [0.15, 0.2) is 53.5 Å². The molecule has 0 unspecified atom stereocenters. The van der Waals surface area contributed by atoms with Gasteiger partial charge in [0.2, 0.25) is 0 Å². The SMILES string of the molecule is CCNC(=O)c1cccc(CNC(=NC)NCCc2ccc(Cl)cc2)c1. The van der Waals surface area contributed by atoms with Crippen molar-refractivity contribution < 1.29 is 4.79 Å². The zero-order valence-electron chi connectivity index (χ0n) is 15.2. The van der Waals surface area contributed by atoms with Gasteiger partial charge in [-0.3, -0.25) is 9.79 Å². The van der Waals surface area contributed by atoms with Crippen molar-refractivity contribution in [2.45, 2.75) is 19.9 Å². The summed E-state index contributed by atoms with van der Waals surface area (Å²) in [5.41, 5.74) is 2.90. The van der Waals surface area contributed by atoms with Crippen LogP contribution in [0.4, 0.5) is 0 Å². The molecule has 2 aromatic rings. The van der Waals surface area contributed by atoms with Gasteiger partial charge in [-0.2, -0.15) is 0 Å². The Morgan fingerprint density at radius 2 is 1.81 bits per heavy atom. The first-order chi connectivity index (χ1) is 12.6. The van der Waals surface area contributed by atoms with Gasteiger partial charge in [-0.05, 0) is 48.7 Å². The van der Waals surface area contributed by atoms with Gasteiger partial charge in [-0.1, -0.05) is 35.9 Å². The van der Waals surface area contributed by atoms with Crippen LogP contribution in [0.2, 0.25) is 5.02 Å². The van der Waals surface area contributed by atoms with Gasteiger partial charge >= 0.3 is 0 Å². The maximum Gasteiger partial charge on any atom is 0.251 e. The molecule has 26 heavy (non-hydrogen) atoms. The van der Waals surface area contributed by atoms with Gasteiger partial charge in [-0.25, -0.2) is 0 Å². The first kappa shape index (κ1) is 19.8. The normalized spacial score (nSPS) is 11.1. The molecule has 2 aromatic carbocycles. The molecule has 5 nitrogen and oxygen atoms in total. The Morgan fingerprint density at radius 1 is 1.04 bits per heavy atom. The minimum Gasteiger partial charge on any atom is -0.356 e. The monoisotopic (exact) mass is 372 g/mol. The molecule has 0 spiro atoms. The molecule has 6 heteroatoms. The highest BCUT2D eigenvalue weighted by atomic mass is 35.5. The largest absolute Gasteiger partial charge is 0.356 e. The fourth-order valence-electron chi connectivity index (χ4n) is 2.47. The van der Waals surface area contributed by atoms with E-state index in [1.807, 2.05) is 55.5 Å². The lowest BCUT2D eigenvalue weighted by atomic mass is 10.1. The number of guanidine groups is 1. The molecule has 0 atom stereocenters. The van der Waals surface area contributed by atoms with Crippen molar-refractivity contribution in [3.63, 3.8) is 0 Å². The Bertz CT molecular complexity index is 744. The smallest absolute Gasteiger partial charge is 0.251 e. The molecule has 0 radical (unpaired) electrons. The van der Waals surface area contributed by atoms with E-state index < -0.39 is 0 Å². The number of rotatable bonds is 7. The summed E-state index contributed by atoms with van der Waals surface area (Å²) < 4.78 is 0. The quantitative estimate of drug-likeness (QED) is 0.517. The van der Waals surface area contributed by atoms with E-state index in [0.29, 0.717) is 18.7 Å². The second kappa shape index (κ2) is 10.5. The zero-order valence-corrected chi connectivity index (χ0v) is 15.9. The molecule has 1 amide bonds. The van der Waals surface area contributed by atoms with Crippen LogP contribution >= 0.6 is 11.6 Å². The third-order valence-corrected chi connectivity index (χ3v) is 4.08. The minimum absolute atomic E-state index is 0.0557. The van der Waals surface area contributed by atoms with Gasteiger partial charge in [0, 0.05) is 37.3 Å². The van der Waals surface area contributed by atoms with Gasteiger partial charge in [0.05, 0.1) is 0 Å². The topological polar surface area (TPSA) is 65.5 Å². The van der Waals surface area contributed by atoms with E-state index in [1.54, 1.807) is 7.05 Å². The van der Waals surface area contributed by atoms with Gasteiger partial charge < -0.3 is 16.0 Å². The van der Waals surface area contributed by atoms with E-state index >= 15 is 0 Å². The lowest BCUT2D eigenvalue weighted by Gasteiger charge is -2.12. The van der Waals surface area contributed by atoms with Crippen LogP contribution in [-0.2, 0) is 13.0 Å². The third kappa shape index (κ3) is 6.41. The molecular weight excluding hydrogens is 348 g/mol. The highest BCUT2D eigenvalue weighted by Crippen LogP contribution is 2.09. The molecule has 0 saturated carbocycles. The maximum atomic E-state index is 11.9. The van der Waals surface area contributed by atoms with Crippen molar-refractivity contribution in [2.24, 2.45) is 4.99 Å². The van der Waals surface area contributed by atoms with Gasteiger partial charge in [0.25, 0.3) is 5.91 Å². The second-order valence-electron chi connectivity index (χ2n) is 5.79. The Hall–Kier alpha value is -2.53. The molecular formula is C20H25ClN4O. The highest BCUT2D eigenvalue weighted by Gasteiger charge is 2.05. The Morgan fingerprint density at radius 3 is 2.50 bits per heavy atom. The minimum atomic E-state index is -0.0557. The molecule has 0 aliphatic carbocycles. The Balaban J connectivity index is 1.82. The van der Waals surface area contributed by atoms with Crippen molar-refractivity contribution in [1.82, 2.24) is 16.0 Å². The molecule has 0 heterocycles. The average molecular weight is 373 g/mol. The van der Waals surface area contributed by atoms with E-state index in [1.165, 1.54) is 5.56 Å². The predicted molar refractivity (Wildman–Crippen MR) is 108 cm³/mol. The molecule has 138 valence electrons. The van der Waals surface area contributed by atoms with Crippen molar-refractivity contribution in [3.05, 3.63) is 70.2 Å². The fourth-order valence-corrected chi connectivity index (χ4v) is 2.59. The number of benzene rings is 2. The van der Waals surface area contributed by atoms with E-state index in [4.69, 9.17) is 11.6 Å². The lowest BCUT2D eigenvalue weighted by molar-refractivity contribution is 0.0955. The second-order valence-corrected chi connectivity index (χ2v) is 6.23. The first-order valence-corrected chi connectivity index (χ1v) is 9.06. The van der Waals surface area contributed by atoms with Gasteiger partial charge in [-0.15, -0.1) is 0 Å². The Kier molecular flexibility index (Phi) is 7.96. The van der Waals surface area contributed by atoms with Crippen LogP contribution in [0, 0.1) is 0 Å². The molecule has 0 saturated heterocycles. The van der Waals surface area contributed by atoms with Crippen molar-refractivity contribution in [1.29, 1.82) is 0 Å². The number of nitrogens with one attached hydrogen (secondary N) is 3. The summed E-state index contributed by atoms with van der Waals surface area (Å²) in [6.45, 7) is 3.88. The van der Waals surface area contributed by atoms with Crippen molar-refractivity contribution >= 4 is 23.5 Å². The standard InChI is InChI=1S/C20H25ClN4O/c1-3-23-19(26)17-6-4-5-16(13-17)14-25-20(22-2)24-12-11-15-7-9-18(21)10-8-15/h4-10,13H,3,11-12,14H2,1-2H3,(H,23,26)(H2,22,24,25). The summed E-state index contributed by atoms with van der Waals surface area (Å²) in [4.78, 5) is 16.1. The van der Waals surface area contributed by atoms with Crippen LogP contribution < -0.4 is 16.0 Å². The summed E-state index contributed by atoms with van der Waals surface area (Å²) in [5, 5.41) is 10.1. The molecule has 0 aliphatic heterocycles. The highest BCUT2D eigenvalue weighted by molar-refractivity contribution is 6.30. The summed E-state index contributed by atoms with van der Waals surface area (Å²) in [6.07, 6.45) is 0.880. The predicted octanol–water partition coefficient (Wildman–Crippen LogP) is 3.00. The number of aliphatic imine (C=N–C) groups is 1. The number of nitrogens with zero attached hydrogens (tertiary/aromatic N) is 1. The number of hydrogen-bond donors (Lipinski definition) is 3. The first-order valence-electron chi connectivity index (χ1n) is 8.68. The molecule has 0 aromatic heterocycles. The van der Waals surface area contributed by atoms with E-state index in [0.717, 1.165) is 29.5 Å². The summed E-state index contributed by atoms with van der Waals surface area (Å²) in [5.74, 6) is 0.669. The van der Waals surface area contributed by atoms with Crippen LogP contribution in [0.5, 0.6) is 0 Å². The Labute approximate surface area is 159 Å². The number of carbonyl (C=O) groups excluding carboxylic acids is 1. The van der Waals surface area contributed by atoms with Crippen LogP contribution in [-0.4, -0.2) is 32.0 Å². The van der Waals surface area contributed by atoms with Gasteiger partial charge in [0.15, 0.2) is 5.96 Å². The van der Waals surface area contributed by atoms with Crippen LogP contribution in [0.25, 0.3) is 0 Å². The third-order valence-electron chi connectivity index (χ3n) is 3.83. The molecule has 0 aliphatic rings. The zero-order chi connectivity index (χ0) is 18.8.